The van der Waals surface area contributed by atoms with Crippen molar-refractivity contribution >= 4 is 17.7 Å². The van der Waals surface area contributed by atoms with Crippen molar-refractivity contribution in [3.05, 3.63) is 35.4 Å². The van der Waals surface area contributed by atoms with E-state index in [4.69, 9.17) is 0 Å². The van der Waals surface area contributed by atoms with E-state index < -0.39 is 0 Å². The molecule has 0 spiro atoms. The lowest BCUT2D eigenvalue weighted by atomic mass is 10.0. The van der Waals surface area contributed by atoms with E-state index in [1.807, 2.05) is 11.8 Å². The number of nitrogens with zero attached hydrogens (tertiary/aromatic N) is 1. The van der Waals surface area contributed by atoms with Crippen LogP contribution in [0.1, 0.15) is 30.0 Å². The quantitative estimate of drug-likeness (QED) is 0.924. The first-order valence-electron chi connectivity index (χ1n) is 7.40. The monoisotopic (exact) mass is 290 g/mol. The van der Waals surface area contributed by atoms with Crippen LogP contribution >= 0.6 is 11.8 Å². The van der Waals surface area contributed by atoms with Crippen LogP contribution in [0.5, 0.6) is 0 Å². The van der Waals surface area contributed by atoms with Gasteiger partial charge in [0.05, 0.1) is 6.54 Å². The standard InChI is InChI=1S/C16H22N2OS/c1-12-2-4-13(5-3-12)15-11-20-9-8-18(15)10-16(19)17-14-6-7-14/h2-5,14-15H,6-11H2,1H3,(H,17,19). The summed E-state index contributed by atoms with van der Waals surface area (Å²) in [7, 11) is 0. The first kappa shape index (κ1) is 14.0. The fraction of sp³-hybridized carbons (Fsp3) is 0.562. The van der Waals surface area contributed by atoms with Crippen molar-refractivity contribution in [2.24, 2.45) is 0 Å². The number of aryl methyl sites for hydroxylation is 1. The minimum atomic E-state index is 0.191. The van der Waals surface area contributed by atoms with Crippen molar-refractivity contribution in [2.75, 3.05) is 24.6 Å². The van der Waals surface area contributed by atoms with E-state index in [1.165, 1.54) is 11.1 Å². The van der Waals surface area contributed by atoms with E-state index >= 15 is 0 Å². The highest BCUT2D eigenvalue weighted by atomic mass is 32.2. The van der Waals surface area contributed by atoms with E-state index in [0.29, 0.717) is 18.6 Å². The van der Waals surface area contributed by atoms with Gasteiger partial charge in [0.1, 0.15) is 0 Å². The summed E-state index contributed by atoms with van der Waals surface area (Å²) in [6, 6.07) is 9.57. The van der Waals surface area contributed by atoms with Crippen molar-refractivity contribution in [1.29, 1.82) is 0 Å². The Labute approximate surface area is 125 Å². The van der Waals surface area contributed by atoms with Gasteiger partial charge in [0, 0.05) is 30.1 Å². The first-order valence-corrected chi connectivity index (χ1v) is 8.55. The van der Waals surface area contributed by atoms with E-state index in [9.17, 15) is 4.79 Å². The second-order valence-electron chi connectivity index (χ2n) is 5.81. The number of thioether (sulfide) groups is 1. The van der Waals surface area contributed by atoms with E-state index in [-0.39, 0.29) is 5.91 Å². The summed E-state index contributed by atoms with van der Waals surface area (Å²) in [5.74, 6) is 2.40. The summed E-state index contributed by atoms with van der Waals surface area (Å²) in [6.45, 7) is 3.65. The fourth-order valence-corrected chi connectivity index (χ4v) is 3.77. The molecule has 2 fully saturated rings. The molecule has 3 nitrogen and oxygen atoms in total. The Kier molecular flexibility index (Phi) is 4.32. The number of hydrogen-bond acceptors (Lipinski definition) is 3. The molecule has 3 rings (SSSR count). The number of carbonyl (C=O) groups is 1. The van der Waals surface area contributed by atoms with Gasteiger partial charge in [-0.25, -0.2) is 0 Å². The van der Waals surface area contributed by atoms with Crippen LogP contribution in [-0.2, 0) is 4.79 Å². The van der Waals surface area contributed by atoms with Gasteiger partial charge >= 0.3 is 0 Å². The fourth-order valence-electron chi connectivity index (χ4n) is 2.61. The van der Waals surface area contributed by atoms with Crippen LogP contribution < -0.4 is 5.32 Å². The van der Waals surface area contributed by atoms with Crippen molar-refractivity contribution in [2.45, 2.75) is 31.8 Å². The number of carbonyl (C=O) groups excluding carboxylic acids is 1. The zero-order valence-corrected chi connectivity index (χ0v) is 12.8. The topological polar surface area (TPSA) is 32.3 Å². The Balaban J connectivity index is 1.66. The number of rotatable bonds is 4. The average molecular weight is 290 g/mol. The molecule has 20 heavy (non-hydrogen) atoms. The molecular formula is C16H22N2OS. The summed E-state index contributed by atoms with van der Waals surface area (Å²) in [4.78, 5) is 14.4. The minimum absolute atomic E-state index is 0.191. The molecule has 1 aliphatic heterocycles. The van der Waals surface area contributed by atoms with Crippen LogP contribution in [0.25, 0.3) is 0 Å². The van der Waals surface area contributed by atoms with Crippen LogP contribution in [0.3, 0.4) is 0 Å². The molecule has 1 N–H and O–H groups in total. The van der Waals surface area contributed by atoms with Gasteiger partial charge in [0.25, 0.3) is 0 Å². The lowest BCUT2D eigenvalue weighted by molar-refractivity contribution is -0.122. The second-order valence-corrected chi connectivity index (χ2v) is 6.96. The van der Waals surface area contributed by atoms with Gasteiger partial charge in [-0.05, 0) is 25.3 Å². The number of amides is 1. The maximum Gasteiger partial charge on any atom is 0.234 e. The molecule has 0 aromatic heterocycles. The van der Waals surface area contributed by atoms with Gasteiger partial charge in [-0.15, -0.1) is 0 Å². The molecule has 1 aromatic rings. The first-order chi connectivity index (χ1) is 9.72. The smallest absolute Gasteiger partial charge is 0.234 e. The highest BCUT2D eigenvalue weighted by molar-refractivity contribution is 7.99. The molecular weight excluding hydrogens is 268 g/mol. The van der Waals surface area contributed by atoms with E-state index in [0.717, 1.165) is 30.9 Å². The van der Waals surface area contributed by atoms with Crippen LogP contribution in [0.2, 0.25) is 0 Å². The molecule has 1 saturated heterocycles. The summed E-state index contributed by atoms with van der Waals surface area (Å²) in [6.07, 6.45) is 2.31. The molecule has 4 heteroatoms. The Bertz CT molecular complexity index is 470. The average Bonchev–Trinajstić information content (AvgIpc) is 3.24. The Morgan fingerprint density at radius 1 is 1.35 bits per heavy atom. The van der Waals surface area contributed by atoms with Gasteiger partial charge in [-0.1, -0.05) is 29.8 Å². The largest absolute Gasteiger partial charge is 0.352 e. The minimum Gasteiger partial charge on any atom is -0.352 e. The van der Waals surface area contributed by atoms with Crippen LogP contribution in [-0.4, -0.2) is 41.4 Å². The summed E-state index contributed by atoms with van der Waals surface area (Å²) in [5, 5.41) is 3.09. The van der Waals surface area contributed by atoms with Gasteiger partial charge in [-0.3, -0.25) is 9.69 Å². The van der Waals surface area contributed by atoms with Gasteiger partial charge in [-0.2, -0.15) is 11.8 Å². The van der Waals surface area contributed by atoms with E-state index in [2.05, 4.69) is 41.4 Å². The Morgan fingerprint density at radius 3 is 2.80 bits per heavy atom. The van der Waals surface area contributed by atoms with Crippen LogP contribution in [0, 0.1) is 6.92 Å². The molecule has 2 aliphatic rings. The molecule has 1 atom stereocenters. The highest BCUT2D eigenvalue weighted by Crippen LogP contribution is 2.29. The predicted molar refractivity (Wildman–Crippen MR) is 84.0 cm³/mol. The number of benzene rings is 1. The van der Waals surface area contributed by atoms with Crippen molar-refractivity contribution in [3.63, 3.8) is 0 Å². The lowest BCUT2D eigenvalue weighted by Gasteiger charge is -2.35. The molecule has 1 aliphatic carbocycles. The zero-order valence-electron chi connectivity index (χ0n) is 12.0. The van der Waals surface area contributed by atoms with E-state index in [1.54, 1.807) is 0 Å². The maximum absolute atomic E-state index is 12.0. The van der Waals surface area contributed by atoms with Gasteiger partial charge in [0.2, 0.25) is 5.91 Å². The van der Waals surface area contributed by atoms with Crippen molar-refractivity contribution < 1.29 is 4.79 Å². The zero-order chi connectivity index (χ0) is 13.9. The van der Waals surface area contributed by atoms with Crippen LogP contribution in [0.4, 0.5) is 0 Å². The van der Waals surface area contributed by atoms with Crippen LogP contribution in [0.15, 0.2) is 24.3 Å². The van der Waals surface area contributed by atoms with Gasteiger partial charge < -0.3 is 5.32 Å². The summed E-state index contributed by atoms with van der Waals surface area (Å²) in [5.41, 5.74) is 2.62. The lowest BCUT2D eigenvalue weighted by Crippen LogP contribution is -2.43. The summed E-state index contributed by atoms with van der Waals surface area (Å²) < 4.78 is 0. The molecule has 0 radical (unpaired) electrons. The third kappa shape index (κ3) is 3.55. The van der Waals surface area contributed by atoms with Crippen molar-refractivity contribution in [1.82, 2.24) is 10.2 Å². The molecule has 108 valence electrons. The Morgan fingerprint density at radius 2 is 2.10 bits per heavy atom. The molecule has 1 unspecified atom stereocenters. The number of hydrogen-bond donors (Lipinski definition) is 1. The SMILES string of the molecule is Cc1ccc(C2CSCCN2CC(=O)NC2CC2)cc1. The molecule has 1 saturated carbocycles. The third-order valence-corrected chi connectivity index (χ3v) is 5.01. The summed E-state index contributed by atoms with van der Waals surface area (Å²) >= 11 is 1.99. The Hall–Kier alpha value is -1.00. The number of nitrogens with one attached hydrogen (secondary N) is 1. The molecule has 1 amide bonds. The molecule has 1 heterocycles. The van der Waals surface area contributed by atoms with Crippen molar-refractivity contribution in [3.8, 4) is 0 Å². The predicted octanol–water partition coefficient (Wildman–Crippen LogP) is 2.36. The maximum atomic E-state index is 12.0. The third-order valence-electron chi connectivity index (χ3n) is 3.99. The second kappa shape index (κ2) is 6.19. The molecule has 0 bridgehead atoms. The van der Waals surface area contributed by atoms with Gasteiger partial charge in [0.15, 0.2) is 0 Å². The highest BCUT2D eigenvalue weighted by Gasteiger charge is 2.28. The molecule has 1 aromatic carbocycles. The normalized spacial score (nSPS) is 23.6.